The molecule has 3 rings (SSSR count). The molecule has 0 spiro atoms. The van der Waals surface area contributed by atoms with Crippen molar-refractivity contribution in [3.63, 3.8) is 0 Å². The van der Waals surface area contributed by atoms with Crippen molar-refractivity contribution in [3.05, 3.63) is 41.2 Å². The first-order valence-electron chi connectivity index (χ1n) is 7.97. The summed E-state index contributed by atoms with van der Waals surface area (Å²) in [5, 5.41) is 3.98. The standard InChI is InChI=1S/C17H22N4OS/c1-11(2)15-19-17(23-20-15)18-14-8-9-21(16(14)22)10-13-6-4-12(3)5-7-13/h4-7,11,14H,8-10H2,1-3H3,(H,18,19,20). The van der Waals surface area contributed by atoms with E-state index in [0.717, 1.165) is 23.9 Å². The smallest absolute Gasteiger partial charge is 0.245 e. The van der Waals surface area contributed by atoms with Crippen LogP contribution in [0.3, 0.4) is 0 Å². The van der Waals surface area contributed by atoms with Crippen LogP contribution in [0.2, 0.25) is 0 Å². The summed E-state index contributed by atoms with van der Waals surface area (Å²) in [4.78, 5) is 18.9. The Kier molecular flexibility index (Phi) is 4.61. The Bertz CT molecular complexity index is 680. The summed E-state index contributed by atoms with van der Waals surface area (Å²) in [6.07, 6.45) is 0.807. The molecule has 5 nitrogen and oxygen atoms in total. The number of nitrogens with one attached hydrogen (secondary N) is 1. The molecule has 0 bridgehead atoms. The normalized spacial score (nSPS) is 18.0. The monoisotopic (exact) mass is 330 g/mol. The van der Waals surface area contributed by atoms with Crippen LogP contribution in [0.5, 0.6) is 0 Å². The zero-order valence-corrected chi connectivity index (χ0v) is 14.6. The summed E-state index contributed by atoms with van der Waals surface area (Å²) in [6, 6.07) is 8.15. The summed E-state index contributed by atoms with van der Waals surface area (Å²) >= 11 is 1.33. The van der Waals surface area contributed by atoms with Gasteiger partial charge in [0.2, 0.25) is 11.0 Å². The number of benzene rings is 1. The maximum absolute atomic E-state index is 12.5. The molecule has 1 aliphatic heterocycles. The van der Waals surface area contributed by atoms with Crippen molar-refractivity contribution in [3.8, 4) is 0 Å². The molecule has 6 heteroatoms. The number of hydrogen-bond acceptors (Lipinski definition) is 5. The predicted molar refractivity (Wildman–Crippen MR) is 92.6 cm³/mol. The molecule has 1 aliphatic rings. The van der Waals surface area contributed by atoms with E-state index in [0.29, 0.717) is 12.5 Å². The van der Waals surface area contributed by atoms with E-state index < -0.39 is 0 Å². The van der Waals surface area contributed by atoms with Crippen LogP contribution in [0.15, 0.2) is 24.3 Å². The predicted octanol–water partition coefficient (Wildman–Crippen LogP) is 3.18. The third-order valence-corrected chi connectivity index (χ3v) is 4.71. The van der Waals surface area contributed by atoms with Gasteiger partial charge in [-0.2, -0.15) is 4.37 Å². The summed E-state index contributed by atoms with van der Waals surface area (Å²) < 4.78 is 4.32. The fraction of sp³-hybridized carbons (Fsp3) is 0.471. The topological polar surface area (TPSA) is 58.1 Å². The van der Waals surface area contributed by atoms with E-state index in [-0.39, 0.29) is 11.9 Å². The number of aromatic nitrogens is 2. The second kappa shape index (κ2) is 6.66. The highest BCUT2D eigenvalue weighted by molar-refractivity contribution is 7.09. The maximum atomic E-state index is 12.5. The summed E-state index contributed by atoms with van der Waals surface area (Å²) in [5.74, 6) is 1.28. The number of amides is 1. The molecule has 0 aliphatic carbocycles. The lowest BCUT2D eigenvalue weighted by Gasteiger charge is -2.17. The van der Waals surface area contributed by atoms with Gasteiger partial charge in [-0.3, -0.25) is 4.79 Å². The minimum absolute atomic E-state index is 0.145. The van der Waals surface area contributed by atoms with Gasteiger partial charge in [0, 0.05) is 30.5 Å². The van der Waals surface area contributed by atoms with Gasteiger partial charge in [0.15, 0.2) is 0 Å². The molecular formula is C17H22N4OS. The number of likely N-dealkylation sites (tertiary alicyclic amines) is 1. The number of hydrogen-bond donors (Lipinski definition) is 1. The van der Waals surface area contributed by atoms with Crippen molar-refractivity contribution >= 4 is 22.6 Å². The van der Waals surface area contributed by atoms with Crippen molar-refractivity contribution in [2.24, 2.45) is 0 Å². The van der Waals surface area contributed by atoms with Gasteiger partial charge in [-0.25, -0.2) is 4.98 Å². The van der Waals surface area contributed by atoms with Crippen molar-refractivity contribution in [2.75, 3.05) is 11.9 Å². The molecule has 1 fully saturated rings. The van der Waals surface area contributed by atoms with Gasteiger partial charge in [0.1, 0.15) is 11.9 Å². The number of carbonyl (C=O) groups is 1. The second-order valence-electron chi connectivity index (χ2n) is 6.34. The van der Waals surface area contributed by atoms with Gasteiger partial charge in [-0.05, 0) is 18.9 Å². The molecule has 0 radical (unpaired) electrons. The number of nitrogens with zero attached hydrogens (tertiary/aromatic N) is 3. The highest BCUT2D eigenvalue weighted by Gasteiger charge is 2.32. The van der Waals surface area contributed by atoms with E-state index in [1.807, 2.05) is 4.90 Å². The van der Waals surface area contributed by atoms with E-state index >= 15 is 0 Å². The Balaban J connectivity index is 1.60. The van der Waals surface area contributed by atoms with Gasteiger partial charge in [0.05, 0.1) is 0 Å². The molecule has 2 heterocycles. The van der Waals surface area contributed by atoms with E-state index in [1.165, 1.54) is 22.7 Å². The van der Waals surface area contributed by atoms with Crippen LogP contribution in [0, 0.1) is 6.92 Å². The van der Waals surface area contributed by atoms with Crippen LogP contribution in [0.4, 0.5) is 5.13 Å². The van der Waals surface area contributed by atoms with Crippen molar-refractivity contribution in [1.82, 2.24) is 14.3 Å². The van der Waals surface area contributed by atoms with Crippen LogP contribution in [-0.4, -0.2) is 32.8 Å². The third kappa shape index (κ3) is 3.69. The lowest BCUT2D eigenvalue weighted by Crippen LogP contribution is -2.33. The quantitative estimate of drug-likeness (QED) is 0.915. The van der Waals surface area contributed by atoms with Crippen LogP contribution in [-0.2, 0) is 11.3 Å². The molecule has 2 aromatic rings. The minimum Gasteiger partial charge on any atom is -0.348 e. The average Bonchev–Trinajstić information content (AvgIpc) is 3.12. The van der Waals surface area contributed by atoms with Crippen LogP contribution >= 0.6 is 11.5 Å². The Labute approximate surface area is 140 Å². The Hall–Kier alpha value is -1.95. The first kappa shape index (κ1) is 15.9. The Morgan fingerprint density at radius 1 is 1.35 bits per heavy atom. The van der Waals surface area contributed by atoms with Crippen LogP contribution in [0.25, 0.3) is 0 Å². The van der Waals surface area contributed by atoms with E-state index in [9.17, 15) is 4.79 Å². The van der Waals surface area contributed by atoms with Crippen molar-refractivity contribution in [2.45, 2.75) is 45.7 Å². The molecule has 1 aromatic heterocycles. The van der Waals surface area contributed by atoms with Gasteiger partial charge < -0.3 is 10.2 Å². The molecular weight excluding hydrogens is 308 g/mol. The summed E-state index contributed by atoms with van der Waals surface area (Å²) in [5.41, 5.74) is 2.40. The van der Waals surface area contributed by atoms with Gasteiger partial charge in [0.25, 0.3) is 0 Å². The SMILES string of the molecule is Cc1ccc(CN2CCC(Nc3nc(C(C)C)ns3)C2=O)cc1. The lowest BCUT2D eigenvalue weighted by atomic mass is 10.1. The van der Waals surface area contributed by atoms with E-state index in [1.54, 1.807) is 0 Å². The number of carbonyl (C=O) groups excluding carboxylic acids is 1. The highest BCUT2D eigenvalue weighted by atomic mass is 32.1. The lowest BCUT2D eigenvalue weighted by molar-refractivity contribution is -0.128. The Morgan fingerprint density at radius 3 is 2.74 bits per heavy atom. The Morgan fingerprint density at radius 2 is 2.09 bits per heavy atom. The van der Waals surface area contributed by atoms with Crippen LogP contribution < -0.4 is 5.32 Å². The molecule has 1 saturated heterocycles. The van der Waals surface area contributed by atoms with E-state index in [4.69, 9.17) is 0 Å². The second-order valence-corrected chi connectivity index (χ2v) is 7.10. The van der Waals surface area contributed by atoms with Gasteiger partial charge in [-0.15, -0.1) is 0 Å². The first-order valence-corrected chi connectivity index (χ1v) is 8.74. The average molecular weight is 330 g/mol. The first-order chi connectivity index (χ1) is 11.0. The fourth-order valence-electron chi connectivity index (χ4n) is 2.62. The molecule has 1 atom stereocenters. The summed E-state index contributed by atoms with van der Waals surface area (Å²) in [6.45, 7) is 7.65. The zero-order valence-electron chi connectivity index (χ0n) is 13.7. The third-order valence-electron chi connectivity index (χ3n) is 4.05. The number of aryl methyl sites for hydroxylation is 1. The van der Waals surface area contributed by atoms with Crippen molar-refractivity contribution in [1.29, 1.82) is 0 Å². The van der Waals surface area contributed by atoms with Gasteiger partial charge in [-0.1, -0.05) is 43.7 Å². The van der Waals surface area contributed by atoms with Crippen molar-refractivity contribution < 1.29 is 4.79 Å². The largest absolute Gasteiger partial charge is 0.348 e. The number of rotatable bonds is 5. The summed E-state index contributed by atoms with van der Waals surface area (Å²) in [7, 11) is 0. The highest BCUT2D eigenvalue weighted by Crippen LogP contribution is 2.22. The van der Waals surface area contributed by atoms with Crippen LogP contribution in [0.1, 0.15) is 43.1 Å². The fourth-order valence-corrected chi connectivity index (χ4v) is 3.38. The maximum Gasteiger partial charge on any atom is 0.245 e. The molecule has 1 aromatic carbocycles. The zero-order chi connectivity index (χ0) is 16.4. The van der Waals surface area contributed by atoms with E-state index in [2.05, 4.69) is 59.7 Å². The molecule has 1 unspecified atom stereocenters. The van der Waals surface area contributed by atoms with Gasteiger partial charge >= 0.3 is 0 Å². The molecule has 1 amide bonds. The minimum atomic E-state index is -0.187. The molecule has 122 valence electrons. The molecule has 0 saturated carbocycles. The number of anilines is 1. The molecule has 23 heavy (non-hydrogen) atoms. The molecule has 1 N–H and O–H groups in total.